The van der Waals surface area contributed by atoms with Gasteiger partial charge in [-0.2, -0.15) is 0 Å². The van der Waals surface area contributed by atoms with Crippen molar-refractivity contribution in [2.45, 2.75) is 0 Å². The molecule has 0 fully saturated rings. The van der Waals surface area contributed by atoms with E-state index in [1.54, 1.807) is 24.4 Å². The smallest absolute Gasteiger partial charge is 0.197 e. The number of nitrogens with zero attached hydrogens (tertiary/aromatic N) is 1. The van der Waals surface area contributed by atoms with E-state index in [2.05, 4.69) is 20.9 Å². The lowest BCUT2D eigenvalue weighted by atomic mass is 10.1. The molecule has 0 aliphatic rings. The average molecular weight is 297 g/mol. The third kappa shape index (κ3) is 2.15. The van der Waals surface area contributed by atoms with Gasteiger partial charge < -0.3 is 0 Å². The van der Waals surface area contributed by atoms with Crippen molar-refractivity contribution in [3.63, 3.8) is 0 Å². The highest BCUT2D eigenvalue weighted by Crippen LogP contribution is 2.25. The van der Waals surface area contributed by atoms with E-state index < -0.39 is 0 Å². The van der Waals surface area contributed by atoms with Crippen LogP contribution in [0.1, 0.15) is 15.9 Å². The summed E-state index contributed by atoms with van der Waals surface area (Å²) in [4.78, 5) is 16.0. The number of carbonyl (C=O) groups is 1. The molecule has 0 aliphatic heterocycles. The fourth-order valence-electron chi connectivity index (χ4n) is 1.35. The Morgan fingerprint density at radius 2 is 1.88 bits per heavy atom. The molecule has 0 saturated carbocycles. The zero-order chi connectivity index (χ0) is 11.5. The minimum Gasteiger partial charge on any atom is -0.288 e. The molecule has 1 aromatic heterocycles. The van der Waals surface area contributed by atoms with E-state index in [-0.39, 0.29) is 10.9 Å². The lowest BCUT2D eigenvalue weighted by Crippen LogP contribution is -2.04. The second-order valence-corrected chi connectivity index (χ2v) is 4.37. The molecule has 0 amide bonds. The van der Waals surface area contributed by atoms with Gasteiger partial charge in [0.2, 0.25) is 0 Å². The predicted octanol–water partition coefficient (Wildman–Crippen LogP) is 3.73. The Bertz CT molecular complexity index is 508. The van der Waals surface area contributed by atoms with E-state index in [9.17, 15) is 4.79 Å². The van der Waals surface area contributed by atoms with Crippen LogP contribution in [-0.4, -0.2) is 10.8 Å². The fraction of sp³-hybridized carbons (Fsp3) is 0. The van der Waals surface area contributed by atoms with E-state index in [0.29, 0.717) is 15.6 Å². The Morgan fingerprint density at radius 1 is 1.19 bits per heavy atom. The third-order valence-electron chi connectivity index (χ3n) is 2.12. The van der Waals surface area contributed by atoms with E-state index >= 15 is 0 Å². The van der Waals surface area contributed by atoms with Gasteiger partial charge >= 0.3 is 0 Å². The zero-order valence-corrected chi connectivity index (χ0v) is 10.5. The number of aromatic nitrogens is 1. The molecule has 0 spiro atoms. The molecule has 0 atom stereocenters. The highest BCUT2D eigenvalue weighted by Gasteiger charge is 2.16. The summed E-state index contributed by atoms with van der Waals surface area (Å²) >= 11 is 9.21. The molecule has 80 valence electrons. The number of hydrogen-bond donors (Lipinski definition) is 0. The average Bonchev–Trinajstić information content (AvgIpc) is 2.30. The summed E-state index contributed by atoms with van der Waals surface area (Å²) in [5.41, 5.74) is 0.994. The number of rotatable bonds is 2. The molecular formula is C12H7BrClNO. The molecule has 4 heteroatoms. The number of halogens is 2. The van der Waals surface area contributed by atoms with Crippen LogP contribution in [0.3, 0.4) is 0 Å². The molecule has 0 unspecified atom stereocenters. The molecule has 1 heterocycles. The summed E-state index contributed by atoms with van der Waals surface area (Å²) in [6, 6.07) is 10.7. The van der Waals surface area contributed by atoms with Crippen molar-refractivity contribution in [3.8, 4) is 0 Å². The fourth-order valence-corrected chi connectivity index (χ4v) is 2.19. The molecule has 0 radical (unpaired) electrons. The molecule has 0 bridgehead atoms. The second-order valence-electron chi connectivity index (χ2n) is 3.15. The first kappa shape index (κ1) is 11.3. The van der Waals surface area contributed by atoms with Crippen LogP contribution in [0.2, 0.25) is 5.15 Å². The number of pyridine rings is 1. The van der Waals surface area contributed by atoms with Gasteiger partial charge in [-0.15, -0.1) is 0 Å². The number of ketones is 1. The van der Waals surface area contributed by atoms with Crippen LogP contribution < -0.4 is 0 Å². The van der Waals surface area contributed by atoms with Gasteiger partial charge in [0.25, 0.3) is 0 Å². The molecule has 1 aromatic carbocycles. The van der Waals surface area contributed by atoms with Crippen LogP contribution in [0.4, 0.5) is 0 Å². The summed E-state index contributed by atoms with van der Waals surface area (Å²) in [6.07, 6.45) is 1.55. The van der Waals surface area contributed by atoms with Gasteiger partial charge in [0.15, 0.2) is 5.78 Å². The highest BCUT2D eigenvalue weighted by molar-refractivity contribution is 9.10. The summed E-state index contributed by atoms with van der Waals surface area (Å²) in [5, 5.41) is 0.211. The summed E-state index contributed by atoms with van der Waals surface area (Å²) in [6.45, 7) is 0. The topological polar surface area (TPSA) is 30.0 Å². The Balaban J connectivity index is 2.50. The first-order chi connectivity index (χ1) is 7.70. The first-order valence-electron chi connectivity index (χ1n) is 4.60. The predicted molar refractivity (Wildman–Crippen MR) is 66.8 cm³/mol. The molecule has 0 N–H and O–H groups in total. The minimum absolute atomic E-state index is 0.134. The van der Waals surface area contributed by atoms with E-state index in [0.717, 1.165) is 0 Å². The van der Waals surface area contributed by atoms with E-state index in [4.69, 9.17) is 11.6 Å². The van der Waals surface area contributed by atoms with Crippen LogP contribution >= 0.6 is 27.5 Å². The van der Waals surface area contributed by atoms with Gasteiger partial charge in [-0.1, -0.05) is 41.9 Å². The van der Waals surface area contributed by atoms with Crippen molar-refractivity contribution in [2.75, 3.05) is 0 Å². The largest absolute Gasteiger partial charge is 0.288 e. The maximum atomic E-state index is 12.1. The lowest BCUT2D eigenvalue weighted by Gasteiger charge is -2.04. The standard InChI is InChI=1S/C12H7BrClNO/c13-9-6-7-15-12(14)10(9)11(16)8-4-2-1-3-5-8/h1-7H. The lowest BCUT2D eigenvalue weighted by molar-refractivity contribution is 0.103. The van der Waals surface area contributed by atoms with Crippen LogP contribution in [0.5, 0.6) is 0 Å². The van der Waals surface area contributed by atoms with Gasteiger partial charge in [-0.05, 0) is 22.0 Å². The van der Waals surface area contributed by atoms with Crippen LogP contribution in [0, 0.1) is 0 Å². The highest BCUT2D eigenvalue weighted by atomic mass is 79.9. The maximum absolute atomic E-state index is 12.1. The number of hydrogen-bond acceptors (Lipinski definition) is 2. The Morgan fingerprint density at radius 3 is 2.50 bits per heavy atom. The molecule has 2 aromatic rings. The molecular weight excluding hydrogens is 289 g/mol. The monoisotopic (exact) mass is 295 g/mol. The van der Waals surface area contributed by atoms with Crippen molar-refractivity contribution in [2.24, 2.45) is 0 Å². The molecule has 0 saturated heterocycles. The van der Waals surface area contributed by atoms with Gasteiger partial charge in [0.1, 0.15) is 5.15 Å². The van der Waals surface area contributed by atoms with E-state index in [1.165, 1.54) is 0 Å². The van der Waals surface area contributed by atoms with Gasteiger partial charge in [-0.25, -0.2) is 4.98 Å². The van der Waals surface area contributed by atoms with Gasteiger partial charge in [0, 0.05) is 16.2 Å². The van der Waals surface area contributed by atoms with Crippen LogP contribution in [0.15, 0.2) is 47.1 Å². The van der Waals surface area contributed by atoms with Crippen LogP contribution in [-0.2, 0) is 0 Å². The SMILES string of the molecule is O=C(c1ccccc1)c1c(Br)ccnc1Cl. The van der Waals surface area contributed by atoms with E-state index in [1.807, 2.05) is 18.2 Å². The Labute approximate surface area is 106 Å². The van der Waals surface area contributed by atoms with Crippen LogP contribution in [0.25, 0.3) is 0 Å². The van der Waals surface area contributed by atoms with Gasteiger partial charge in [-0.3, -0.25) is 4.79 Å². The number of carbonyl (C=O) groups excluding carboxylic acids is 1. The third-order valence-corrected chi connectivity index (χ3v) is 3.06. The van der Waals surface area contributed by atoms with Crippen molar-refractivity contribution in [1.82, 2.24) is 4.98 Å². The van der Waals surface area contributed by atoms with Gasteiger partial charge in [0.05, 0.1) is 5.56 Å². The maximum Gasteiger partial charge on any atom is 0.197 e. The Kier molecular flexibility index (Phi) is 3.36. The second kappa shape index (κ2) is 4.76. The first-order valence-corrected chi connectivity index (χ1v) is 5.77. The summed E-state index contributed by atoms with van der Waals surface area (Å²) in [5.74, 6) is -0.134. The summed E-state index contributed by atoms with van der Waals surface area (Å²) < 4.78 is 0.654. The number of benzene rings is 1. The normalized spacial score (nSPS) is 10.1. The minimum atomic E-state index is -0.134. The van der Waals surface area contributed by atoms with Crippen molar-refractivity contribution in [1.29, 1.82) is 0 Å². The quantitative estimate of drug-likeness (QED) is 0.624. The summed E-state index contributed by atoms with van der Waals surface area (Å²) in [7, 11) is 0. The van der Waals surface area contributed by atoms with Crippen molar-refractivity contribution >= 4 is 33.3 Å². The molecule has 16 heavy (non-hydrogen) atoms. The molecule has 2 rings (SSSR count). The molecule has 0 aliphatic carbocycles. The van der Waals surface area contributed by atoms with Crippen molar-refractivity contribution < 1.29 is 4.79 Å². The van der Waals surface area contributed by atoms with Crippen molar-refractivity contribution in [3.05, 3.63) is 63.3 Å². The molecule has 2 nitrogen and oxygen atoms in total. The Hall–Kier alpha value is -1.19. The zero-order valence-electron chi connectivity index (χ0n) is 8.15.